The van der Waals surface area contributed by atoms with Crippen molar-refractivity contribution in [2.24, 2.45) is 11.1 Å². The Labute approximate surface area is 122 Å². The van der Waals surface area contributed by atoms with Crippen LogP contribution in [0.2, 0.25) is 0 Å². The lowest BCUT2D eigenvalue weighted by Gasteiger charge is -2.37. The standard InChI is InChI=1S/C16H30N2O2/c1-15(20)6-5-10-18(11-9-15)14(19)12-16(13-17)7-3-2-4-8-16/h20H,2-13,17H2,1H3. The second-order valence-electron chi connectivity index (χ2n) is 7.17. The van der Waals surface area contributed by atoms with Crippen LogP contribution in [-0.4, -0.2) is 41.1 Å². The summed E-state index contributed by atoms with van der Waals surface area (Å²) in [5.74, 6) is 0.245. The van der Waals surface area contributed by atoms with Crippen molar-refractivity contribution in [1.82, 2.24) is 4.90 Å². The number of likely N-dealkylation sites (tertiary alicyclic amines) is 1. The smallest absolute Gasteiger partial charge is 0.223 e. The second kappa shape index (κ2) is 6.44. The summed E-state index contributed by atoms with van der Waals surface area (Å²) in [7, 11) is 0. The van der Waals surface area contributed by atoms with Crippen molar-refractivity contribution in [2.75, 3.05) is 19.6 Å². The van der Waals surface area contributed by atoms with E-state index in [9.17, 15) is 9.90 Å². The van der Waals surface area contributed by atoms with Crippen LogP contribution in [0.3, 0.4) is 0 Å². The molecule has 2 rings (SSSR count). The molecule has 1 unspecified atom stereocenters. The minimum Gasteiger partial charge on any atom is -0.390 e. The molecule has 20 heavy (non-hydrogen) atoms. The summed E-state index contributed by atoms with van der Waals surface area (Å²) in [4.78, 5) is 14.5. The molecule has 116 valence electrons. The molecule has 1 amide bonds. The minimum absolute atomic E-state index is 0.0458. The number of hydrogen-bond acceptors (Lipinski definition) is 3. The lowest BCUT2D eigenvalue weighted by atomic mass is 9.71. The molecule has 0 aromatic rings. The van der Waals surface area contributed by atoms with Gasteiger partial charge in [0.25, 0.3) is 0 Å². The van der Waals surface area contributed by atoms with Gasteiger partial charge in [0.15, 0.2) is 0 Å². The van der Waals surface area contributed by atoms with E-state index in [4.69, 9.17) is 5.73 Å². The first-order chi connectivity index (χ1) is 9.46. The second-order valence-corrected chi connectivity index (χ2v) is 7.17. The van der Waals surface area contributed by atoms with Crippen molar-refractivity contribution in [2.45, 2.75) is 70.3 Å². The molecule has 0 aromatic carbocycles. The molecule has 1 aliphatic heterocycles. The highest BCUT2D eigenvalue weighted by molar-refractivity contribution is 5.77. The Hall–Kier alpha value is -0.610. The van der Waals surface area contributed by atoms with Gasteiger partial charge >= 0.3 is 0 Å². The number of hydrogen-bond donors (Lipinski definition) is 2. The maximum atomic E-state index is 12.6. The summed E-state index contributed by atoms with van der Waals surface area (Å²) >= 11 is 0. The average molecular weight is 282 g/mol. The Bertz CT molecular complexity index is 335. The van der Waals surface area contributed by atoms with Crippen LogP contribution in [0.4, 0.5) is 0 Å². The number of carbonyl (C=O) groups excluding carboxylic acids is 1. The molecule has 2 aliphatic rings. The first-order valence-electron chi connectivity index (χ1n) is 8.17. The molecular formula is C16H30N2O2. The fraction of sp³-hybridized carbons (Fsp3) is 0.938. The highest BCUT2D eigenvalue weighted by Crippen LogP contribution is 2.39. The van der Waals surface area contributed by atoms with E-state index >= 15 is 0 Å². The number of nitrogens with zero attached hydrogens (tertiary/aromatic N) is 1. The molecule has 4 nitrogen and oxygen atoms in total. The van der Waals surface area contributed by atoms with Crippen LogP contribution in [-0.2, 0) is 4.79 Å². The fourth-order valence-corrected chi connectivity index (χ4v) is 3.70. The summed E-state index contributed by atoms with van der Waals surface area (Å²) in [6, 6.07) is 0. The van der Waals surface area contributed by atoms with Gasteiger partial charge in [-0.25, -0.2) is 0 Å². The van der Waals surface area contributed by atoms with Gasteiger partial charge in [-0.3, -0.25) is 4.79 Å². The van der Waals surface area contributed by atoms with E-state index in [0.717, 1.165) is 32.2 Å². The van der Waals surface area contributed by atoms with Crippen molar-refractivity contribution >= 4 is 5.91 Å². The molecule has 3 N–H and O–H groups in total. The van der Waals surface area contributed by atoms with Crippen molar-refractivity contribution in [3.05, 3.63) is 0 Å². The number of carbonyl (C=O) groups is 1. The molecular weight excluding hydrogens is 252 g/mol. The van der Waals surface area contributed by atoms with Crippen LogP contribution in [0, 0.1) is 5.41 Å². The molecule has 0 bridgehead atoms. The molecule has 2 fully saturated rings. The summed E-state index contributed by atoms with van der Waals surface area (Å²) in [6.07, 6.45) is 8.87. The Morgan fingerprint density at radius 3 is 2.45 bits per heavy atom. The van der Waals surface area contributed by atoms with Gasteiger partial charge in [-0.2, -0.15) is 0 Å². The van der Waals surface area contributed by atoms with Crippen LogP contribution < -0.4 is 5.73 Å². The van der Waals surface area contributed by atoms with Gasteiger partial charge < -0.3 is 15.7 Å². The van der Waals surface area contributed by atoms with Crippen LogP contribution in [0.1, 0.15) is 64.7 Å². The number of aliphatic hydroxyl groups is 1. The maximum absolute atomic E-state index is 12.6. The maximum Gasteiger partial charge on any atom is 0.223 e. The van der Waals surface area contributed by atoms with Crippen molar-refractivity contribution in [1.29, 1.82) is 0 Å². The van der Waals surface area contributed by atoms with E-state index in [1.54, 1.807) is 0 Å². The topological polar surface area (TPSA) is 66.6 Å². The molecule has 1 heterocycles. The first kappa shape index (κ1) is 15.8. The average Bonchev–Trinajstić information content (AvgIpc) is 2.61. The molecule has 0 spiro atoms. The molecule has 1 saturated heterocycles. The van der Waals surface area contributed by atoms with E-state index in [1.165, 1.54) is 19.3 Å². The van der Waals surface area contributed by atoms with E-state index < -0.39 is 5.60 Å². The fourth-order valence-electron chi connectivity index (χ4n) is 3.70. The largest absolute Gasteiger partial charge is 0.390 e. The number of nitrogens with two attached hydrogens (primary N) is 1. The van der Waals surface area contributed by atoms with Crippen molar-refractivity contribution in [3.63, 3.8) is 0 Å². The lowest BCUT2D eigenvalue weighted by Crippen LogP contribution is -2.41. The third kappa shape index (κ3) is 3.95. The van der Waals surface area contributed by atoms with Crippen LogP contribution in [0.5, 0.6) is 0 Å². The van der Waals surface area contributed by atoms with Gasteiger partial charge in [-0.15, -0.1) is 0 Å². The number of rotatable bonds is 3. The molecule has 1 aliphatic carbocycles. The zero-order valence-electron chi connectivity index (χ0n) is 12.9. The normalized spacial score (nSPS) is 30.9. The SMILES string of the molecule is CC1(O)CCCN(C(=O)CC2(CN)CCCCC2)CC1. The highest BCUT2D eigenvalue weighted by atomic mass is 16.3. The van der Waals surface area contributed by atoms with Crippen molar-refractivity contribution < 1.29 is 9.90 Å². The van der Waals surface area contributed by atoms with Crippen molar-refractivity contribution in [3.8, 4) is 0 Å². The predicted molar refractivity (Wildman–Crippen MR) is 80.2 cm³/mol. The van der Waals surface area contributed by atoms with Crippen LogP contribution in [0.25, 0.3) is 0 Å². The van der Waals surface area contributed by atoms with Crippen LogP contribution >= 0.6 is 0 Å². The van der Waals surface area contributed by atoms with E-state index in [1.807, 2.05) is 11.8 Å². The molecule has 0 radical (unpaired) electrons. The zero-order valence-corrected chi connectivity index (χ0v) is 12.9. The van der Waals surface area contributed by atoms with Gasteiger partial charge in [0.2, 0.25) is 5.91 Å². The molecule has 4 heteroatoms. The summed E-state index contributed by atoms with van der Waals surface area (Å²) in [6.45, 7) is 3.98. The van der Waals surface area contributed by atoms with E-state index in [0.29, 0.717) is 25.9 Å². The highest BCUT2D eigenvalue weighted by Gasteiger charge is 2.35. The van der Waals surface area contributed by atoms with Gasteiger partial charge in [0.1, 0.15) is 0 Å². The predicted octanol–water partition coefficient (Wildman–Crippen LogP) is 2.05. The first-order valence-corrected chi connectivity index (χ1v) is 8.17. The van der Waals surface area contributed by atoms with E-state index in [2.05, 4.69) is 0 Å². The molecule has 1 atom stereocenters. The third-order valence-electron chi connectivity index (χ3n) is 5.29. The van der Waals surface area contributed by atoms with Gasteiger partial charge in [0.05, 0.1) is 5.60 Å². The summed E-state index contributed by atoms with van der Waals surface area (Å²) in [5.41, 5.74) is 5.42. The zero-order chi connectivity index (χ0) is 14.6. The summed E-state index contributed by atoms with van der Waals surface area (Å²) < 4.78 is 0. The monoisotopic (exact) mass is 282 g/mol. The van der Waals surface area contributed by atoms with Gasteiger partial charge in [-0.1, -0.05) is 19.3 Å². The van der Waals surface area contributed by atoms with Gasteiger partial charge in [-0.05, 0) is 51.0 Å². The minimum atomic E-state index is -0.606. The summed E-state index contributed by atoms with van der Waals surface area (Å²) in [5, 5.41) is 10.1. The Morgan fingerprint density at radius 1 is 1.10 bits per heavy atom. The van der Waals surface area contributed by atoms with E-state index in [-0.39, 0.29) is 11.3 Å². The third-order valence-corrected chi connectivity index (χ3v) is 5.29. The number of amides is 1. The Balaban J connectivity index is 1.93. The Kier molecular flexibility index (Phi) is 5.08. The molecule has 1 saturated carbocycles. The lowest BCUT2D eigenvalue weighted by molar-refractivity contribution is -0.134. The van der Waals surface area contributed by atoms with Gasteiger partial charge in [0, 0.05) is 19.5 Å². The van der Waals surface area contributed by atoms with Crippen LogP contribution in [0.15, 0.2) is 0 Å². The molecule has 0 aromatic heterocycles. The quantitative estimate of drug-likeness (QED) is 0.832. The Morgan fingerprint density at radius 2 is 1.80 bits per heavy atom.